The van der Waals surface area contributed by atoms with Gasteiger partial charge in [-0.3, -0.25) is 19.7 Å². The standard InChI is InChI=1S/C17H15N7O4S/c1-10-6-12(3-4-13(10)23-9-19-21-22-23)20-16(25)8-29-15-5-2-11(17(18)26)7-14(15)24(27)28/h2-7,9H,8H2,1H3,(H2,18,26)(H,20,25). The first-order chi connectivity index (χ1) is 13.8. The van der Waals surface area contributed by atoms with Crippen LogP contribution in [0.25, 0.3) is 5.69 Å². The largest absolute Gasteiger partial charge is 0.366 e. The molecule has 0 saturated heterocycles. The van der Waals surface area contributed by atoms with Crippen molar-refractivity contribution in [2.24, 2.45) is 5.73 Å². The summed E-state index contributed by atoms with van der Waals surface area (Å²) in [6, 6.07) is 9.13. The summed E-state index contributed by atoms with van der Waals surface area (Å²) < 4.78 is 1.51. The average molecular weight is 413 g/mol. The number of nitrogens with zero attached hydrogens (tertiary/aromatic N) is 5. The highest BCUT2D eigenvalue weighted by Gasteiger charge is 2.18. The van der Waals surface area contributed by atoms with Gasteiger partial charge in [-0.2, -0.15) is 0 Å². The van der Waals surface area contributed by atoms with Crippen LogP contribution in [0.1, 0.15) is 15.9 Å². The topological polar surface area (TPSA) is 159 Å². The number of aromatic nitrogens is 4. The van der Waals surface area contributed by atoms with Gasteiger partial charge in [-0.1, -0.05) is 0 Å². The van der Waals surface area contributed by atoms with Crippen LogP contribution in [0.2, 0.25) is 0 Å². The molecule has 3 N–H and O–H groups in total. The molecule has 148 valence electrons. The molecule has 0 radical (unpaired) electrons. The predicted molar refractivity (Wildman–Crippen MR) is 105 cm³/mol. The Hall–Kier alpha value is -3.80. The van der Waals surface area contributed by atoms with Crippen molar-refractivity contribution in [2.75, 3.05) is 11.1 Å². The lowest BCUT2D eigenvalue weighted by Crippen LogP contribution is -2.15. The van der Waals surface area contributed by atoms with Crippen molar-refractivity contribution in [3.63, 3.8) is 0 Å². The van der Waals surface area contributed by atoms with Crippen molar-refractivity contribution >= 4 is 35.0 Å². The Morgan fingerprint density at radius 2 is 2.07 bits per heavy atom. The first kappa shape index (κ1) is 19.9. The fraction of sp³-hybridized carbons (Fsp3) is 0.118. The average Bonchev–Trinajstić information content (AvgIpc) is 3.20. The molecule has 2 amide bonds. The molecule has 29 heavy (non-hydrogen) atoms. The summed E-state index contributed by atoms with van der Waals surface area (Å²) in [6.07, 6.45) is 1.47. The molecule has 3 rings (SSSR count). The Morgan fingerprint density at radius 1 is 1.28 bits per heavy atom. The lowest BCUT2D eigenvalue weighted by molar-refractivity contribution is -0.387. The minimum Gasteiger partial charge on any atom is -0.366 e. The first-order valence-electron chi connectivity index (χ1n) is 8.20. The number of benzene rings is 2. The SMILES string of the molecule is Cc1cc(NC(=O)CSc2ccc(C(N)=O)cc2[N+](=O)[O-])ccc1-n1cnnn1. The molecule has 0 atom stereocenters. The molecular formula is C17H15N7O4S. The van der Waals surface area contributed by atoms with Gasteiger partial charge in [-0.15, -0.1) is 16.9 Å². The van der Waals surface area contributed by atoms with Gasteiger partial charge in [-0.25, -0.2) is 4.68 Å². The number of nitro benzene ring substituents is 1. The third-order valence-corrected chi connectivity index (χ3v) is 4.94. The Labute approximate surface area is 168 Å². The number of tetrazole rings is 1. The molecular weight excluding hydrogens is 398 g/mol. The molecule has 1 aromatic heterocycles. The maximum Gasteiger partial charge on any atom is 0.283 e. The van der Waals surface area contributed by atoms with Crippen molar-refractivity contribution in [3.05, 3.63) is 64.0 Å². The number of aryl methyl sites for hydroxylation is 1. The number of primary amides is 1. The third kappa shape index (κ3) is 4.73. The molecule has 1 heterocycles. The van der Waals surface area contributed by atoms with Crippen LogP contribution in [0.4, 0.5) is 11.4 Å². The van der Waals surface area contributed by atoms with Crippen molar-refractivity contribution < 1.29 is 14.5 Å². The maximum absolute atomic E-state index is 12.3. The maximum atomic E-state index is 12.3. The van der Waals surface area contributed by atoms with Crippen LogP contribution in [0.3, 0.4) is 0 Å². The molecule has 2 aromatic carbocycles. The van der Waals surface area contributed by atoms with Crippen LogP contribution in [0.15, 0.2) is 47.6 Å². The van der Waals surface area contributed by atoms with Gasteiger partial charge in [0.2, 0.25) is 11.8 Å². The zero-order valence-electron chi connectivity index (χ0n) is 15.1. The third-order valence-electron chi connectivity index (χ3n) is 3.88. The minimum atomic E-state index is -0.761. The number of nitrogens with two attached hydrogens (primary N) is 1. The summed E-state index contributed by atoms with van der Waals surface area (Å²) in [6.45, 7) is 1.85. The van der Waals surface area contributed by atoms with E-state index in [1.54, 1.807) is 18.2 Å². The van der Waals surface area contributed by atoms with Gasteiger partial charge in [0.15, 0.2) is 0 Å². The highest BCUT2D eigenvalue weighted by atomic mass is 32.2. The van der Waals surface area contributed by atoms with Crippen LogP contribution in [0.5, 0.6) is 0 Å². The van der Waals surface area contributed by atoms with Crippen LogP contribution in [-0.2, 0) is 4.79 Å². The van der Waals surface area contributed by atoms with Crippen molar-refractivity contribution in [3.8, 4) is 5.69 Å². The number of thioether (sulfide) groups is 1. The second-order valence-electron chi connectivity index (χ2n) is 5.90. The molecule has 0 aliphatic rings. The van der Waals surface area contributed by atoms with E-state index >= 15 is 0 Å². The number of anilines is 1. The van der Waals surface area contributed by atoms with Crippen molar-refractivity contribution in [1.29, 1.82) is 0 Å². The van der Waals surface area contributed by atoms with Gasteiger partial charge in [0, 0.05) is 17.3 Å². The molecule has 3 aromatic rings. The lowest BCUT2D eigenvalue weighted by atomic mass is 10.2. The molecule has 0 bridgehead atoms. The molecule has 11 nitrogen and oxygen atoms in total. The molecule has 0 unspecified atom stereocenters. The minimum absolute atomic E-state index is 0.0312. The summed E-state index contributed by atoms with van der Waals surface area (Å²) in [5.41, 5.74) is 7.10. The molecule has 12 heteroatoms. The smallest absolute Gasteiger partial charge is 0.283 e. The van der Waals surface area contributed by atoms with E-state index in [4.69, 9.17) is 5.73 Å². The second-order valence-corrected chi connectivity index (χ2v) is 6.91. The van der Waals surface area contributed by atoms with Gasteiger partial charge >= 0.3 is 0 Å². The van der Waals surface area contributed by atoms with Gasteiger partial charge in [0.1, 0.15) is 6.33 Å². The van der Waals surface area contributed by atoms with E-state index < -0.39 is 10.8 Å². The fourth-order valence-corrected chi connectivity index (χ4v) is 3.34. The summed E-state index contributed by atoms with van der Waals surface area (Å²) in [4.78, 5) is 34.3. The Morgan fingerprint density at radius 3 is 2.69 bits per heavy atom. The zero-order chi connectivity index (χ0) is 21.0. The predicted octanol–water partition coefficient (Wildman–Crippen LogP) is 1.71. The molecule has 0 fully saturated rings. The van der Waals surface area contributed by atoms with Crippen LogP contribution < -0.4 is 11.1 Å². The highest BCUT2D eigenvalue weighted by Crippen LogP contribution is 2.30. The van der Waals surface area contributed by atoms with Gasteiger partial charge < -0.3 is 11.1 Å². The van der Waals surface area contributed by atoms with E-state index in [1.807, 2.05) is 6.92 Å². The quantitative estimate of drug-likeness (QED) is 0.336. The number of carbonyl (C=O) groups is 2. The van der Waals surface area contributed by atoms with E-state index in [9.17, 15) is 19.7 Å². The number of nitrogens with one attached hydrogen (secondary N) is 1. The summed E-state index contributed by atoms with van der Waals surface area (Å²) in [5, 5.41) is 25.0. The van der Waals surface area contributed by atoms with E-state index in [0.29, 0.717) is 5.69 Å². The summed E-state index contributed by atoms with van der Waals surface area (Å²) >= 11 is 0.992. The number of hydrogen-bond donors (Lipinski definition) is 2. The Balaban J connectivity index is 1.67. The van der Waals surface area contributed by atoms with E-state index in [-0.39, 0.29) is 27.8 Å². The Bertz CT molecular complexity index is 1090. The normalized spacial score (nSPS) is 10.5. The van der Waals surface area contributed by atoms with Crippen LogP contribution in [-0.4, -0.2) is 42.7 Å². The van der Waals surface area contributed by atoms with E-state index in [0.717, 1.165) is 29.1 Å². The van der Waals surface area contributed by atoms with Crippen molar-refractivity contribution in [2.45, 2.75) is 11.8 Å². The first-order valence-corrected chi connectivity index (χ1v) is 9.18. The molecule has 0 saturated carbocycles. The van der Waals surface area contributed by atoms with E-state index in [1.165, 1.54) is 23.1 Å². The summed E-state index contributed by atoms with van der Waals surface area (Å²) in [5.74, 6) is -1.15. The number of hydrogen-bond acceptors (Lipinski definition) is 8. The molecule has 0 spiro atoms. The lowest BCUT2D eigenvalue weighted by Gasteiger charge is -2.09. The molecule has 0 aliphatic heterocycles. The second kappa shape index (κ2) is 8.48. The van der Waals surface area contributed by atoms with Gasteiger partial charge in [0.05, 0.1) is 21.3 Å². The number of nitro groups is 1. The monoisotopic (exact) mass is 413 g/mol. The number of rotatable bonds is 7. The van der Waals surface area contributed by atoms with Crippen molar-refractivity contribution in [1.82, 2.24) is 20.2 Å². The van der Waals surface area contributed by atoms with Gasteiger partial charge in [0.25, 0.3) is 5.69 Å². The zero-order valence-corrected chi connectivity index (χ0v) is 15.9. The van der Waals surface area contributed by atoms with Crippen LogP contribution >= 0.6 is 11.8 Å². The number of amides is 2. The Kier molecular flexibility index (Phi) is 5.83. The highest BCUT2D eigenvalue weighted by molar-refractivity contribution is 8.00. The molecule has 0 aliphatic carbocycles. The van der Waals surface area contributed by atoms with Gasteiger partial charge in [-0.05, 0) is 53.2 Å². The van der Waals surface area contributed by atoms with Crippen LogP contribution in [0, 0.1) is 17.0 Å². The van der Waals surface area contributed by atoms with E-state index in [2.05, 4.69) is 20.8 Å². The summed E-state index contributed by atoms with van der Waals surface area (Å²) in [7, 11) is 0. The number of carbonyl (C=O) groups excluding carboxylic acids is 2. The fourth-order valence-electron chi connectivity index (χ4n) is 2.54.